The molecular weight excluding hydrogens is 249 g/mol. The van der Waals surface area contributed by atoms with Crippen LogP contribution in [0.3, 0.4) is 0 Å². The third-order valence-electron chi connectivity index (χ3n) is 1.68. The second kappa shape index (κ2) is 6.41. The molecule has 0 heterocycles. The van der Waals surface area contributed by atoms with Crippen molar-refractivity contribution < 1.29 is 4.11 Å². The predicted octanol–water partition coefficient (Wildman–Crippen LogP) is 3.02. The molecule has 0 radical (unpaired) electrons. The molecule has 1 rings (SSSR count). The number of nitrogens with one attached hydrogen (secondary N) is 1. The minimum absolute atomic E-state index is 0. The van der Waals surface area contributed by atoms with Gasteiger partial charge in [0.2, 0.25) is 0 Å². The van der Waals surface area contributed by atoms with Gasteiger partial charge in [-0.25, -0.2) is 0 Å². The van der Waals surface area contributed by atoms with Crippen LogP contribution in [0.15, 0.2) is 28.7 Å². The number of halogens is 2. The fourth-order valence-electron chi connectivity index (χ4n) is 1.07. The summed E-state index contributed by atoms with van der Waals surface area (Å²) in [4.78, 5) is 0. The highest BCUT2D eigenvalue weighted by Gasteiger charge is 1.99. The number of rotatable bonds is 3. The first-order chi connectivity index (χ1) is 6.87. The van der Waals surface area contributed by atoms with Gasteiger partial charge in [-0.1, -0.05) is 28.1 Å². The molecule has 0 aliphatic rings. The van der Waals surface area contributed by atoms with E-state index in [4.69, 9.17) is 4.11 Å². The zero-order valence-electron chi connectivity index (χ0n) is 10.4. The molecule has 0 aliphatic heterocycles. The van der Waals surface area contributed by atoms with Crippen molar-refractivity contribution >= 4 is 28.3 Å². The van der Waals surface area contributed by atoms with Crippen LogP contribution in [0.2, 0.25) is 0 Å². The van der Waals surface area contributed by atoms with Crippen molar-refractivity contribution in [2.45, 2.75) is 19.4 Å². The van der Waals surface area contributed by atoms with Gasteiger partial charge in [-0.15, -0.1) is 12.4 Å². The van der Waals surface area contributed by atoms with Gasteiger partial charge in [0.1, 0.15) is 0 Å². The predicted molar refractivity (Wildman–Crippen MR) is 63.6 cm³/mol. The second-order valence-corrected chi connectivity index (χ2v) is 3.80. The van der Waals surface area contributed by atoms with Crippen molar-refractivity contribution in [2.75, 3.05) is 6.98 Å². The van der Waals surface area contributed by atoms with E-state index in [2.05, 4.69) is 21.2 Å². The van der Waals surface area contributed by atoms with E-state index < -0.39 is 6.98 Å². The highest BCUT2D eigenvalue weighted by atomic mass is 79.9. The van der Waals surface area contributed by atoms with Crippen LogP contribution in [0.5, 0.6) is 0 Å². The molecule has 0 aliphatic carbocycles. The quantitative estimate of drug-likeness (QED) is 0.888. The highest BCUT2D eigenvalue weighted by molar-refractivity contribution is 9.10. The Hall–Kier alpha value is -0.0500. The Morgan fingerprint density at radius 1 is 1.62 bits per heavy atom. The lowest BCUT2D eigenvalue weighted by Crippen LogP contribution is -2.23. The van der Waals surface area contributed by atoms with Gasteiger partial charge in [-0.2, -0.15) is 0 Å². The van der Waals surface area contributed by atoms with Gasteiger partial charge in [0, 0.05) is 14.6 Å². The first-order valence-electron chi connectivity index (χ1n) is 5.39. The van der Waals surface area contributed by atoms with Gasteiger partial charge in [0.15, 0.2) is 0 Å². The number of likely N-dealkylation sites (N-methyl/N-ethyl adjacent to an activating group) is 1. The minimum Gasteiger partial charge on any atom is -0.317 e. The minimum atomic E-state index is -2.06. The van der Waals surface area contributed by atoms with E-state index in [-0.39, 0.29) is 18.4 Å². The summed E-state index contributed by atoms with van der Waals surface area (Å²) in [5, 5.41) is 2.57. The fraction of sp³-hybridized carbons (Fsp3) is 0.400. The smallest absolute Gasteiger partial charge is 0.0391 e. The van der Waals surface area contributed by atoms with Crippen molar-refractivity contribution in [3.05, 3.63) is 34.3 Å². The molecule has 0 spiro atoms. The summed E-state index contributed by atoms with van der Waals surface area (Å²) in [6, 6.07) is 7.82. The first kappa shape index (κ1) is 8.27. The summed E-state index contributed by atoms with van der Waals surface area (Å²) >= 11 is 3.38. The van der Waals surface area contributed by atoms with Crippen molar-refractivity contribution in [3.63, 3.8) is 0 Å². The van der Waals surface area contributed by atoms with Crippen LogP contribution in [0.4, 0.5) is 0 Å². The Kier molecular flexibility index (Phi) is 4.08. The molecule has 0 fully saturated rings. The Morgan fingerprint density at radius 2 is 2.38 bits per heavy atom. The summed E-state index contributed by atoms with van der Waals surface area (Å²) < 4.78 is 22.3. The third-order valence-corrected chi connectivity index (χ3v) is 2.17. The maximum atomic E-state index is 7.08. The molecule has 13 heavy (non-hydrogen) atoms. The third kappa shape index (κ3) is 4.65. The molecule has 1 atom stereocenters. The number of hydrogen-bond donors (Lipinski definition) is 1. The van der Waals surface area contributed by atoms with Crippen LogP contribution in [0.25, 0.3) is 0 Å². The van der Waals surface area contributed by atoms with Gasteiger partial charge in [-0.05, 0) is 38.0 Å². The van der Waals surface area contributed by atoms with Crippen LogP contribution in [-0.2, 0) is 6.42 Å². The summed E-state index contributed by atoms with van der Waals surface area (Å²) in [5.74, 6) is 0. The van der Waals surface area contributed by atoms with E-state index >= 15 is 0 Å². The second-order valence-electron chi connectivity index (χ2n) is 2.88. The fourth-order valence-corrected chi connectivity index (χ4v) is 1.52. The summed E-state index contributed by atoms with van der Waals surface area (Å²) in [6.45, 7) is -0.196. The average Bonchev–Trinajstić information content (AvgIpc) is 1.99. The van der Waals surface area contributed by atoms with Crippen LogP contribution < -0.4 is 5.32 Å². The normalized spacial score (nSPS) is 16.3. The molecular formula is C10H15BrClN. The van der Waals surface area contributed by atoms with E-state index in [1.807, 2.05) is 31.2 Å². The maximum absolute atomic E-state index is 7.08. The molecule has 0 saturated heterocycles. The molecule has 1 N–H and O–H groups in total. The van der Waals surface area contributed by atoms with E-state index in [9.17, 15) is 0 Å². The van der Waals surface area contributed by atoms with Crippen molar-refractivity contribution in [3.8, 4) is 0 Å². The van der Waals surface area contributed by atoms with Crippen molar-refractivity contribution in [2.24, 2.45) is 0 Å². The summed E-state index contributed by atoms with van der Waals surface area (Å²) in [5.41, 5.74) is 1.12. The van der Waals surface area contributed by atoms with Gasteiger partial charge < -0.3 is 5.32 Å². The number of hydrogen-bond acceptors (Lipinski definition) is 1. The average molecular weight is 268 g/mol. The van der Waals surface area contributed by atoms with Gasteiger partial charge >= 0.3 is 0 Å². The molecule has 0 aromatic heterocycles. The lowest BCUT2D eigenvalue weighted by molar-refractivity contribution is 0.608. The van der Waals surface area contributed by atoms with Gasteiger partial charge in [0.25, 0.3) is 0 Å². The number of benzene rings is 1. The largest absolute Gasteiger partial charge is 0.317 e. The SMILES string of the molecule is Cl.[2H]C([2H])([2H])NC(C)Cc1cccc(Br)c1. The standard InChI is InChI=1S/C10H14BrN.ClH/c1-8(12-2)6-9-4-3-5-10(11)7-9;/h3-5,7-8,12H,6H2,1-2H3;1H/i2D3;. The first-order valence-corrected chi connectivity index (χ1v) is 4.68. The molecule has 0 amide bonds. The highest BCUT2D eigenvalue weighted by Crippen LogP contribution is 2.12. The Labute approximate surface area is 98.7 Å². The molecule has 74 valence electrons. The maximum Gasteiger partial charge on any atom is 0.0391 e. The summed E-state index contributed by atoms with van der Waals surface area (Å²) in [6.07, 6.45) is 0.706. The van der Waals surface area contributed by atoms with Crippen LogP contribution in [-0.4, -0.2) is 13.0 Å². The van der Waals surface area contributed by atoms with E-state index in [0.717, 1.165) is 10.0 Å². The zero-order chi connectivity index (χ0) is 11.5. The van der Waals surface area contributed by atoms with Crippen molar-refractivity contribution in [1.29, 1.82) is 0 Å². The Morgan fingerprint density at radius 3 is 3.00 bits per heavy atom. The lowest BCUT2D eigenvalue weighted by Gasteiger charge is -2.09. The molecule has 1 nitrogen and oxygen atoms in total. The Bertz CT molecular complexity index is 330. The van der Waals surface area contributed by atoms with Crippen LogP contribution in [0, 0.1) is 0 Å². The molecule has 0 bridgehead atoms. The van der Waals surface area contributed by atoms with Gasteiger partial charge in [0.05, 0.1) is 0 Å². The molecule has 3 heteroatoms. The topological polar surface area (TPSA) is 12.0 Å². The Balaban J connectivity index is 0.00000225. The van der Waals surface area contributed by atoms with Gasteiger partial charge in [-0.3, -0.25) is 0 Å². The molecule has 1 aromatic rings. The zero-order valence-corrected chi connectivity index (χ0v) is 9.78. The molecule has 0 saturated carbocycles. The lowest BCUT2D eigenvalue weighted by atomic mass is 10.1. The monoisotopic (exact) mass is 266 g/mol. The van der Waals surface area contributed by atoms with Crippen LogP contribution >= 0.6 is 28.3 Å². The van der Waals surface area contributed by atoms with Crippen molar-refractivity contribution in [1.82, 2.24) is 5.32 Å². The van der Waals surface area contributed by atoms with E-state index in [1.165, 1.54) is 0 Å². The molecule has 1 unspecified atom stereocenters. The molecule has 1 aromatic carbocycles. The van der Waals surface area contributed by atoms with E-state index in [0.29, 0.717) is 6.42 Å². The summed E-state index contributed by atoms with van der Waals surface area (Å²) in [7, 11) is 0. The van der Waals surface area contributed by atoms with E-state index in [1.54, 1.807) is 0 Å². The van der Waals surface area contributed by atoms with Crippen LogP contribution in [0.1, 0.15) is 16.6 Å².